The molecule has 3 aromatic rings. The number of carbonyl (C=O) groups excluding carboxylic acids is 1. The molecule has 1 aliphatic rings. The number of nitrogens with one attached hydrogen (secondary N) is 2. The quantitative estimate of drug-likeness (QED) is 0.432. The lowest BCUT2D eigenvalue weighted by atomic mass is 10.2. The number of carbonyl (C=O) groups is 1. The van der Waals surface area contributed by atoms with E-state index in [1.807, 2.05) is 12.1 Å². The molecule has 0 aliphatic carbocycles. The third kappa shape index (κ3) is 5.36. The van der Waals surface area contributed by atoms with Crippen LogP contribution >= 0.6 is 35.2 Å². The van der Waals surface area contributed by atoms with Crippen molar-refractivity contribution in [1.82, 2.24) is 9.62 Å². The minimum Gasteiger partial charge on any atom is -0.497 e. The molecule has 1 amide bonds. The largest absolute Gasteiger partial charge is 0.497 e. The summed E-state index contributed by atoms with van der Waals surface area (Å²) >= 11 is 12.9. The van der Waals surface area contributed by atoms with Crippen LogP contribution in [0.1, 0.15) is 35.4 Å². The maximum atomic E-state index is 12.9. The molecule has 0 saturated carbocycles. The normalized spacial score (nSPS) is 15.0. The number of methoxy groups -OCH3 is 1. The highest BCUT2D eigenvalue weighted by molar-refractivity contribution is 7.89. The fraction of sp³-hybridized carbons (Fsp3) is 0.304. The van der Waals surface area contributed by atoms with Crippen LogP contribution in [-0.2, 0) is 10.0 Å². The molecule has 2 aromatic carbocycles. The standard InChI is InChI=1S/C23H24ClN3O4S3/c1-31-16-8-11-18-19(14-16)33-21(20(18)24)22(28)26-23(32)25-15-6-9-17(10-7-15)34(29,30)27-12-4-2-3-5-13-27/h6-11,14H,2-5,12-13H2,1H3,(H2,25,26,28,32). The van der Waals surface area contributed by atoms with Crippen molar-refractivity contribution in [2.75, 3.05) is 25.5 Å². The van der Waals surface area contributed by atoms with Gasteiger partial charge in [0.15, 0.2) is 5.11 Å². The first-order valence-electron chi connectivity index (χ1n) is 10.8. The van der Waals surface area contributed by atoms with Gasteiger partial charge < -0.3 is 10.1 Å². The summed E-state index contributed by atoms with van der Waals surface area (Å²) < 4.78 is 33.5. The van der Waals surface area contributed by atoms with Crippen LogP contribution in [0.25, 0.3) is 10.1 Å². The predicted molar refractivity (Wildman–Crippen MR) is 141 cm³/mol. The maximum absolute atomic E-state index is 12.9. The lowest BCUT2D eigenvalue weighted by Crippen LogP contribution is -2.34. The van der Waals surface area contributed by atoms with Crippen molar-refractivity contribution in [3.63, 3.8) is 0 Å². The summed E-state index contributed by atoms with van der Waals surface area (Å²) in [5.74, 6) is 0.249. The molecule has 0 radical (unpaired) electrons. The van der Waals surface area contributed by atoms with E-state index < -0.39 is 15.9 Å². The second-order valence-electron chi connectivity index (χ2n) is 7.86. The molecule has 4 rings (SSSR count). The summed E-state index contributed by atoms with van der Waals surface area (Å²) in [6, 6.07) is 11.8. The molecule has 7 nitrogen and oxygen atoms in total. The number of hydrogen-bond acceptors (Lipinski definition) is 6. The Kier molecular flexibility index (Phi) is 7.73. The van der Waals surface area contributed by atoms with E-state index in [1.165, 1.54) is 11.3 Å². The molecule has 0 atom stereocenters. The number of ether oxygens (including phenoxy) is 1. The number of thiophene rings is 1. The Bertz CT molecular complexity index is 1320. The number of thiocarbonyl (C=S) groups is 1. The van der Waals surface area contributed by atoms with Crippen molar-refractivity contribution >= 4 is 72.0 Å². The molecular weight excluding hydrogens is 514 g/mol. The van der Waals surface area contributed by atoms with Crippen molar-refractivity contribution in [2.45, 2.75) is 30.6 Å². The highest BCUT2D eigenvalue weighted by Gasteiger charge is 2.25. The Labute approximate surface area is 213 Å². The topological polar surface area (TPSA) is 87.7 Å². The molecule has 180 valence electrons. The van der Waals surface area contributed by atoms with E-state index >= 15 is 0 Å². The smallest absolute Gasteiger partial charge is 0.269 e. The molecule has 1 saturated heterocycles. The molecule has 0 unspecified atom stereocenters. The maximum Gasteiger partial charge on any atom is 0.269 e. The number of nitrogens with zero attached hydrogens (tertiary/aromatic N) is 1. The number of hydrogen-bond donors (Lipinski definition) is 2. The number of anilines is 1. The number of sulfonamides is 1. The lowest BCUT2D eigenvalue weighted by molar-refractivity contribution is 0.0982. The zero-order valence-electron chi connectivity index (χ0n) is 18.5. The average Bonchev–Trinajstić information content (AvgIpc) is 2.98. The minimum atomic E-state index is -3.53. The van der Waals surface area contributed by atoms with Crippen LogP contribution < -0.4 is 15.4 Å². The lowest BCUT2D eigenvalue weighted by Gasteiger charge is -2.20. The van der Waals surface area contributed by atoms with Crippen LogP contribution in [0.3, 0.4) is 0 Å². The van der Waals surface area contributed by atoms with Crippen molar-refractivity contribution in [2.24, 2.45) is 0 Å². The Morgan fingerprint density at radius 1 is 1.09 bits per heavy atom. The molecule has 1 fully saturated rings. The number of amides is 1. The van der Waals surface area contributed by atoms with Crippen molar-refractivity contribution < 1.29 is 17.9 Å². The molecular formula is C23H24ClN3O4S3. The third-order valence-electron chi connectivity index (χ3n) is 5.58. The van der Waals surface area contributed by atoms with E-state index in [2.05, 4.69) is 10.6 Å². The number of rotatable bonds is 5. The summed E-state index contributed by atoms with van der Waals surface area (Å²) in [6.07, 6.45) is 3.87. The summed E-state index contributed by atoms with van der Waals surface area (Å²) in [7, 11) is -1.95. The van der Waals surface area contributed by atoms with Gasteiger partial charge in [-0.15, -0.1) is 11.3 Å². The van der Waals surface area contributed by atoms with Gasteiger partial charge in [0.2, 0.25) is 10.0 Å². The molecule has 2 heterocycles. The monoisotopic (exact) mass is 537 g/mol. The van der Waals surface area contributed by atoms with Gasteiger partial charge in [0.05, 0.1) is 17.0 Å². The van der Waals surface area contributed by atoms with Gasteiger partial charge in [0.25, 0.3) is 5.91 Å². The Morgan fingerprint density at radius 2 is 1.76 bits per heavy atom. The molecule has 0 bridgehead atoms. The fourth-order valence-electron chi connectivity index (χ4n) is 3.78. The van der Waals surface area contributed by atoms with Crippen LogP contribution in [0.4, 0.5) is 5.69 Å². The van der Waals surface area contributed by atoms with Gasteiger partial charge in [-0.05, 0) is 67.5 Å². The van der Waals surface area contributed by atoms with Crippen LogP contribution in [0.2, 0.25) is 5.02 Å². The van der Waals surface area contributed by atoms with Crippen LogP contribution in [0.15, 0.2) is 47.4 Å². The van der Waals surface area contributed by atoms with E-state index in [9.17, 15) is 13.2 Å². The highest BCUT2D eigenvalue weighted by Crippen LogP contribution is 2.37. The molecule has 1 aliphatic heterocycles. The molecule has 0 spiro atoms. The van der Waals surface area contributed by atoms with Crippen molar-refractivity contribution in [1.29, 1.82) is 0 Å². The van der Waals surface area contributed by atoms with Crippen molar-refractivity contribution in [3.05, 3.63) is 52.4 Å². The fourth-order valence-corrected chi connectivity index (χ4v) is 6.95. The highest BCUT2D eigenvalue weighted by atomic mass is 35.5. The van der Waals surface area contributed by atoms with Gasteiger partial charge >= 0.3 is 0 Å². The van der Waals surface area contributed by atoms with Gasteiger partial charge in [-0.25, -0.2) is 8.42 Å². The van der Waals surface area contributed by atoms with Gasteiger partial charge in [-0.2, -0.15) is 4.31 Å². The van der Waals surface area contributed by atoms with E-state index in [4.69, 9.17) is 28.6 Å². The minimum absolute atomic E-state index is 0.0826. The Morgan fingerprint density at radius 3 is 2.41 bits per heavy atom. The SMILES string of the molecule is COc1ccc2c(Cl)c(C(=O)NC(=S)Nc3ccc(S(=O)(=O)N4CCCCCC4)cc3)sc2c1. The molecule has 34 heavy (non-hydrogen) atoms. The number of benzene rings is 2. The van der Waals surface area contributed by atoms with E-state index in [-0.39, 0.29) is 10.0 Å². The van der Waals surface area contributed by atoms with E-state index in [0.29, 0.717) is 34.4 Å². The van der Waals surface area contributed by atoms with E-state index in [1.54, 1.807) is 41.7 Å². The first kappa shape index (κ1) is 24.9. The summed E-state index contributed by atoms with van der Waals surface area (Å²) in [6.45, 7) is 1.09. The first-order valence-corrected chi connectivity index (χ1v) is 13.8. The van der Waals surface area contributed by atoms with Gasteiger partial charge in [0.1, 0.15) is 10.6 Å². The molecule has 1 aromatic heterocycles. The van der Waals surface area contributed by atoms with Crippen LogP contribution in [-0.4, -0.2) is 43.9 Å². The van der Waals surface area contributed by atoms with Crippen molar-refractivity contribution in [3.8, 4) is 5.75 Å². The molecule has 11 heteroatoms. The predicted octanol–water partition coefficient (Wildman–Crippen LogP) is 5.25. The van der Waals surface area contributed by atoms with Crippen LogP contribution in [0.5, 0.6) is 5.75 Å². The second kappa shape index (κ2) is 10.6. The average molecular weight is 538 g/mol. The zero-order chi connectivity index (χ0) is 24.3. The summed E-state index contributed by atoms with van der Waals surface area (Å²) in [5, 5.41) is 6.74. The van der Waals surface area contributed by atoms with Gasteiger partial charge in [0, 0.05) is 28.9 Å². The van der Waals surface area contributed by atoms with E-state index in [0.717, 1.165) is 35.8 Å². The number of halogens is 1. The first-order chi connectivity index (χ1) is 16.3. The summed E-state index contributed by atoms with van der Waals surface area (Å²) in [5.41, 5.74) is 0.562. The Hall–Kier alpha value is -2.24. The van der Waals surface area contributed by atoms with Gasteiger partial charge in [-0.1, -0.05) is 24.4 Å². The third-order valence-corrected chi connectivity index (χ3v) is 9.36. The summed E-state index contributed by atoms with van der Waals surface area (Å²) in [4.78, 5) is 13.3. The Balaban J connectivity index is 1.41. The molecule has 2 N–H and O–H groups in total. The number of fused-ring (bicyclic) bond motifs is 1. The zero-order valence-corrected chi connectivity index (χ0v) is 21.7. The van der Waals surface area contributed by atoms with Gasteiger partial charge in [-0.3, -0.25) is 10.1 Å². The van der Waals surface area contributed by atoms with Crippen LogP contribution in [0, 0.1) is 0 Å². The second-order valence-corrected chi connectivity index (χ2v) is 11.6.